The lowest BCUT2D eigenvalue weighted by Crippen LogP contribution is -2.36. The first-order chi connectivity index (χ1) is 15.6. The second-order valence-corrected chi connectivity index (χ2v) is 7.90. The normalized spacial score (nSPS) is 13.6. The van der Waals surface area contributed by atoms with Gasteiger partial charge in [0.25, 0.3) is 5.91 Å². The van der Waals surface area contributed by atoms with Crippen LogP contribution < -0.4 is 15.5 Å². The molecule has 0 bridgehead atoms. The number of anilines is 3. The van der Waals surface area contributed by atoms with E-state index in [1.54, 1.807) is 37.5 Å². The average molecular weight is 455 g/mol. The minimum Gasteiger partial charge on any atom is -0.378 e. The number of ether oxygens (including phenoxy) is 1. The first kappa shape index (κ1) is 21.7. The molecule has 1 fully saturated rings. The van der Waals surface area contributed by atoms with E-state index in [1.165, 1.54) is 16.4 Å². The van der Waals surface area contributed by atoms with E-state index in [1.807, 2.05) is 12.1 Å². The third-order valence-electron chi connectivity index (χ3n) is 4.69. The fourth-order valence-corrected chi connectivity index (χ4v) is 3.67. The number of thioether (sulfide) groups is 1. The molecule has 2 aromatic heterocycles. The number of hydrogen-bond donors (Lipinski definition) is 2. The number of morpholine rings is 1. The predicted molar refractivity (Wildman–Crippen MR) is 120 cm³/mol. The van der Waals surface area contributed by atoms with Crippen LogP contribution in [0.2, 0.25) is 0 Å². The second kappa shape index (κ2) is 10.2. The summed E-state index contributed by atoms with van der Waals surface area (Å²) >= 11 is 1.24. The van der Waals surface area contributed by atoms with Crippen LogP contribution in [-0.4, -0.2) is 69.1 Å². The van der Waals surface area contributed by atoms with Crippen molar-refractivity contribution in [1.82, 2.24) is 25.2 Å². The molecule has 3 heterocycles. The molecule has 0 spiro atoms. The van der Waals surface area contributed by atoms with Gasteiger partial charge in [-0.05, 0) is 46.8 Å². The summed E-state index contributed by atoms with van der Waals surface area (Å²) in [4.78, 5) is 31.2. The molecular weight excluding hydrogens is 432 g/mol. The zero-order chi connectivity index (χ0) is 22.3. The Balaban J connectivity index is 1.28. The van der Waals surface area contributed by atoms with E-state index < -0.39 is 0 Å². The second-order valence-electron chi connectivity index (χ2n) is 6.96. The molecule has 2 N–H and O–H groups in total. The molecular formula is C20H22N8O3S. The van der Waals surface area contributed by atoms with Crippen molar-refractivity contribution in [3.8, 4) is 0 Å². The number of rotatable bonds is 7. The number of hydrogen-bond acceptors (Lipinski definition) is 9. The summed E-state index contributed by atoms with van der Waals surface area (Å²) in [6.45, 7) is 2.98. The van der Waals surface area contributed by atoms with Crippen LogP contribution in [0.4, 0.5) is 17.2 Å². The first-order valence-corrected chi connectivity index (χ1v) is 10.9. The zero-order valence-corrected chi connectivity index (χ0v) is 18.2. The van der Waals surface area contributed by atoms with Crippen LogP contribution in [0.3, 0.4) is 0 Å². The fraction of sp³-hybridized carbons (Fsp3) is 0.300. The lowest BCUT2D eigenvalue weighted by molar-refractivity contribution is -0.113. The Bertz CT molecular complexity index is 1070. The number of aromatic nitrogens is 5. The fourth-order valence-electron chi connectivity index (χ4n) is 3.02. The number of tetrazole rings is 1. The number of nitrogens with zero attached hydrogens (tertiary/aromatic N) is 6. The number of carbonyl (C=O) groups is 2. The van der Waals surface area contributed by atoms with E-state index in [4.69, 9.17) is 4.74 Å². The van der Waals surface area contributed by atoms with Crippen molar-refractivity contribution >= 4 is 40.8 Å². The van der Waals surface area contributed by atoms with E-state index in [2.05, 4.69) is 36.0 Å². The van der Waals surface area contributed by atoms with Crippen LogP contribution in [-0.2, 0) is 16.6 Å². The minimum atomic E-state index is -0.255. The molecule has 0 atom stereocenters. The summed E-state index contributed by atoms with van der Waals surface area (Å²) in [6.07, 6.45) is 1.64. The van der Waals surface area contributed by atoms with E-state index in [0.29, 0.717) is 35.3 Å². The summed E-state index contributed by atoms with van der Waals surface area (Å²) in [5.74, 6) is 0.583. The number of benzene rings is 1. The zero-order valence-electron chi connectivity index (χ0n) is 17.4. The third kappa shape index (κ3) is 5.59. The summed E-state index contributed by atoms with van der Waals surface area (Å²) in [7, 11) is 1.71. The molecule has 32 heavy (non-hydrogen) atoms. The molecule has 3 aromatic rings. The van der Waals surface area contributed by atoms with E-state index in [0.717, 1.165) is 18.9 Å². The molecule has 12 heteroatoms. The van der Waals surface area contributed by atoms with Gasteiger partial charge in [-0.1, -0.05) is 11.8 Å². The van der Waals surface area contributed by atoms with Crippen LogP contribution in [0.5, 0.6) is 0 Å². The highest BCUT2D eigenvalue weighted by Gasteiger charge is 2.13. The Morgan fingerprint density at radius 2 is 1.81 bits per heavy atom. The first-order valence-electron chi connectivity index (χ1n) is 9.93. The Kier molecular flexibility index (Phi) is 6.92. The summed E-state index contributed by atoms with van der Waals surface area (Å²) in [5.41, 5.74) is 1.68. The number of pyridine rings is 1. The van der Waals surface area contributed by atoms with E-state index >= 15 is 0 Å². The molecule has 0 saturated carbocycles. The smallest absolute Gasteiger partial charge is 0.255 e. The molecule has 1 aromatic carbocycles. The van der Waals surface area contributed by atoms with Gasteiger partial charge in [-0.3, -0.25) is 9.59 Å². The lowest BCUT2D eigenvalue weighted by Gasteiger charge is -2.27. The van der Waals surface area contributed by atoms with Crippen molar-refractivity contribution in [3.05, 3.63) is 48.2 Å². The summed E-state index contributed by atoms with van der Waals surface area (Å²) in [5, 5.41) is 17.2. The largest absolute Gasteiger partial charge is 0.378 e. The molecule has 11 nitrogen and oxygen atoms in total. The Hall–Kier alpha value is -3.51. The van der Waals surface area contributed by atoms with Crippen molar-refractivity contribution in [2.75, 3.05) is 47.6 Å². The maximum absolute atomic E-state index is 12.5. The van der Waals surface area contributed by atoms with Crippen LogP contribution in [0.15, 0.2) is 47.8 Å². The van der Waals surface area contributed by atoms with Gasteiger partial charge in [0.15, 0.2) is 0 Å². The number of aryl methyl sites for hydroxylation is 1. The lowest BCUT2D eigenvalue weighted by atomic mass is 10.2. The van der Waals surface area contributed by atoms with Gasteiger partial charge < -0.3 is 20.3 Å². The number of carbonyl (C=O) groups excluding carboxylic acids is 2. The van der Waals surface area contributed by atoms with E-state index in [9.17, 15) is 9.59 Å². The van der Waals surface area contributed by atoms with Crippen molar-refractivity contribution < 1.29 is 14.3 Å². The highest BCUT2D eigenvalue weighted by molar-refractivity contribution is 7.99. The van der Waals surface area contributed by atoms with Gasteiger partial charge in [0.2, 0.25) is 11.1 Å². The Morgan fingerprint density at radius 3 is 2.47 bits per heavy atom. The van der Waals surface area contributed by atoms with Crippen molar-refractivity contribution in [3.63, 3.8) is 0 Å². The van der Waals surface area contributed by atoms with Crippen molar-refractivity contribution in [1.29, 1.82) is 0 Å². The molecule has 0 aliphatic carbocycles. The molecule has 0 unspecified atom stereocenters. The monoisotopic (exact) mass is 454 g/mol. The SMILES string of the molecule is Cn1nnnc1SCC(=O)Nc1ccc(C(=O)Nc2ccc(N3CCOCC3)nc2)cc1. The minimum absolute atomic E-state index is 0.171. The predicted octanol–water partition coefficient (Wildman–Crippen LogP) is 1.42. The van der Waals surface area contributed by atoms with Gasteiger partial charge in [-0.15, -0.1) is 5.10 Å². The molecule has 4 rings (SSSR count). The van der Waals surface area contributed by atoms with Gasteiger partial charge in [-0.2, -0.15) is 0 Å². The maximum Gasteiger partial charge on any atom is 0.255 e. The Labute approximate surface area is 188 Å². The molecule has 166 valence electrons. The quantitative estimate of drug-likeness (QED) is 0.510. The number of nitrogens with one attached hydrogen (secondary N) is 2. The van der Waals surface area contributed by atoms with Crippen LogP contribution >= 0.6 is 11.8 Å². The highest BCUT2D eigenvalue weighted by atomic mass is 32.2. The molecule has 1 aliphatic rings. The third-order valence-corrected chi connectivity index (χ3v) is 5.70. The van der Waals surface area contributed by atoms with E-state index in [-0.39, 0.29) is 17.6 Å². The average Bonchev–Trinajstić information content (AvgIpc) is 3.24. The van der Waals surface area contributed by atoms with Gasteiger partial charge in [-0.25, -0.2) is 9.67 Å². The molecule has 1 saturated heterocycles. The van der Waals surface area contributed by atoms with Crippen LogP contribution in [0, 0.1) is 0 Å². The van der Waals surface area contributed by atoms with Crippen LogP contribution in [0.25, 0.3) is 0 Å². The van der Waals surface area contributed by atoms with Crippen LogP contribution in [0.1, 0.15) is 10.4 Å². The molecule has 2 amide bonds. The standard InChI is InChI=1S/C20H22N8O3S/c1-27-20(24-25-26-27)32-13-18(29)22-15-4-2-14(3-5-15)19(30)23-16-6-7-17(21-12-16)28-8-10-31-11-9-28/h2-7,12H,8-11,13H2,1H3,(H,22,29)(H,23,30). The van der Waals surface area contributed by atoms with Gasteiger partial charge >= 0.3 is 0 Å². The molecule has 1 aliphatic heterocycles. The Morgan fingerprint density at radius 1 is 1.06 bits per heavy atom. The van der Waals surface area contributed by atoms with Gasteiger partial charge in [0, 0.05) is 31.4 Å². The summed E-state index contributed by atoms with van der Waals surface area (Å²) < 4.78 is 6.85. The summed E-state index contributed by atoms with van der Waals surface area (Å²) in [6, 6.07) is 10.4. The van der Waals surface area contributed by atoms with Gasteiger partial charge in [0.05, 0.1) is 30.9 Å². The van der Waals surface area contributed by atoms with Gasteiger partial charge in [0.1, 0.15) is 5.82 Å². The maximum atomic E-state index is 12.5. The molecule has 0 radical (unpaired) electrons. The highest BCUT2D eigenvalue weighted by Crippen LogP contribution is 2.17. The topological polar surface area (TPSA) is 127 Å². The van der Waals surface area contributed by atoms with Crippen molar-refractivity contribution in [2.24, 2.45) is 7.05 Å². The number of amides is 2. The van der Waals surface area contributed by atoms with Crippen molar-refractivity contribution in [2.45, 2.75) is 5.16 Å².